The van der Waals surface area contributed by atoms with Crippen LogP contribution in [0.3, 0.4) is 0 Å². The summed E-state index contributed by atoms with van der Waals surface area (Å²) >= 11 is 5.88. The van der Waals surface area contributed by atoms with E-state index in [0.29, 0.717) is 27.7 Å². The molecule has 1 aromatic heterocycles. The van der Waals surface area contributed by atoms with Crippen molar-refractivity contribution in [2.45, 2.75) is 12.2 Å². The van der Waals surface area contributed by atoms with E-state index >= 15 is 0 Å². The standard InChI is InChI=1S/C17H12ClNO3/c18-10-7-5-9(6-8-10)17-19-13-14(20)11-3-1-2-4-12(11)15(21)16(13)22-17/h1-8,14-15,20-21H. The summed E-state index contributed by atoms with van der Waals surface area (Å²) in [6.07, 6.45) is -1.83. The van der Waals surface area contributed by atoms with E-state index in [1.807, 2.05) is 12.1 Å². The van der Waals surface area contributed by atoms with Crippen molar-refractivity contribution in [1.29, 1.82) is 0 Å². The zero-order valence-corrected chi connectivity index (χ0v) is 12.2. The van der Waals surface area contributed by atoms with E-state index in [2.05, 4.69) is 4.98 Å². The molecule has 0 saturated carbocycles. The second-order valence-electron chi connectivity index (χ2n) is 5.21. The van der Waals surface area contributed by atoms with Crippen LogP contribution in [0.1, 0.15) is 34.8 Å². The summed E-state index contributed by atoms with van der Waals surface area (Å²) < 4.78 is 5.71. The van der Waals surface area contributed by atoms with Gasteiger partial charge in [0.25, 0.3) is 0 Å². The molecular weight excluding hydrogens is 302 g/mol. The Hall–Kier alpha value is -2.14. The average Bonchev–Trinajstić information content (AvgIpc) is 2.99. The van der Waals surface area contributed by atoms with E-state index in [1.165, 1.54) is 0 Å². The SMILES string of the molecule is OC1c2ccccc2C(O)c2oc(-c3ccc(Cl)cc3)nc21. The van der Waals surface area contributed by atoms with Crippen molar-refractivity contribution >= 4 is 11.6 Å². The molecule has 5 heteroatoms. The maximum absolute atomic E-state index is 10.5. The van der Waals surface area contributed by atoms with Crippen molar-refractivity contribution in [2.75, 3.05) is 0 Å². The maximum Gasteiger partial charge on any atom is 0.226 e. The van der Waals surface area contributed by atoms with Crippen LogP contribution in [-0.2, 0) is 0 Å². The number of oxazole rings is 1. The third kappa shape index (κ3) is 1.96. The molecule has 3 aromatic rings. The molecule has 0 spiro atoms. The fraction of sp³-hybridized carbons (Fsp3) is 0.118. The Morgan fingerprint density at radius 2 is 1.55 bits per heavy atom. The molecule has 0 amide bonds. The number of hydrogen-bond acceptors (Lipinski definition) is 4. The number of aromatic nitrogens is 1. The Morgan fingerprint density at radius 3 is 2.23 bits per heavy atom. The summed E-state index contributed by atoms with van der Waals surface area (Å²) in [5.74, 6) is 0.642. The van der Waals surface area contributed by atoms with E-state index in [9.17, 15) is 10.2 Å². The van der Waals surface area contributed by atoms with Gasteiger partial charge in [0.05, 0.1) is 0 Å². The predicted molar refractivity (Wildman–Crippen MR) is 81.5 cm³/mol. The number of benzene rings is 2. The summed E-state index contributed by atoms with van der Waals surface area (Å²) in [6, 6.07) is 14.2. The van der Waals surface area contributed by atoms with E-state index in [4.69, 9.17) is 16.0 Å². The van der Waals surface area contributed by atoms with Crippen molar-refractivity contribution in [2.24, 2.45) is 0 Å². The number of nitrogens with zero attached hydrogens (tertiary/aromatic N) is 1. The minimum atomic E-state index is -0.928. The molecule has 0 radical (unpaired) electrons. The molecule has 1 heterocycles. The molecule has 4 nitrogen and oxygen atoms in total. The Balaban J connectivity index is 1.84. The van der Waals surface area contributed by atoms with Crippen molar-refractivity contribution in [3.05, 3.63) is 76.1 Å². The fourth-order valence-corrected chi connectivity index (χ4v) is 2.87. The first-order valence-corrected chi connectivity index (χ1v) is 7.24. The zero-order valence-electron chi connectivity index (χ0n) is 11.4. The van der Waals surface area contributed by atoms with Crippen LogP contribution in [0.4, 0.5) is 0 Å². The van der Waals surface area contributed by atoms with Crippen LogP contribution < -0.4 is 0 Å². The van der Waals surface area contributed by atoms with Crippen molar-refractivity contribution < 1.29 is 14.6 Å². The lowest BCUT2D eigenvalue weighted by molar-refractivity contribution is 0.151. The summed E-state index contributed by atoms with van der Waals surface area (Å²) in [5, 5.41) is 21.6. The first-order chi connectivity index (χ1) is 10.6. The third-order valence-corrected chi connectivity index (χ3v) is 4.12. The van der Waals surface area contributed by atoms with Crippen LogP contribution >= 0.6 is 11.6 Å². The molecule has 2 aromatic carbocycles. The Morgan fingerprint density at radius 1 is 0.909 bits per heavy atom. The lowest BCUT2D eigenvalue weighted by atomic mass is 9.88. The van der Waals surface area contributed by atoms with E-state index in [1.54, 1.807) is 36.4 Å². The molecule has 2 N–H and O–H groups in total. The quantitative estimate of drug-likeness (QED) is 0.722. The van der Waals surface area contributed by atoms with E-state index < -0.39 is 12.2 Å². The first kappa shape index (κ1) is 13.5. The molecule has 0 saturated heterocycles. The molecule has 0 bridgehead atoms. The lowest BCUT2D eigenvalue weighted by Gasteiger charge is -2.23. The second-order valence-corrected chi connectivity index (χ2v) is 5.65. The summed E-state index contributed by atoms with van der Waals surface area (Å²) in [5.41, 5.74) is 2.39. The van der Waals surface area contributed by atoms with Gasteiger partial charge in [0.2, 0.25) is 5.89 Å². The van der Waals surface area contributed by atoms with Crippen molar-refractivity contribution in [3.63, 3.8) is 0 Å². The molecule has 2 unspecified atom stereocenters. The van der Waals surface area contributed by atoms with Crippen molar-refractivity contribution in [3.8, 4) is 11.5 Å². The number of halogens is 1. The first-order valence-electron chi connectivity index (χ1n) is 6.86. The Labute approximate surface area is 131 Å². The van der Waals surface area contributed by atoms with Crippen LogP contribution in [0, 0.1) is 0 Å². The molecule has 0 aliphatic heterocycles. The van der Waals surface area contributed by atoms with Crippen LogP contribution in [0.5, 0.6) is 0 Å². The summed E-state index contributed by atoms with van der Waals surface area (Å²) in [6.45, 7) is 0. The molecule has 22 heavy (non-hydrogen) atoms. The van der Waals surface area contributed by atoms with Crippen molar-refractivity contribution in [1.82, 2.24) is 4.98 Å². The van der Waals surface area contributed by atoms with Gasteiger partial charge in [0.15, 0.2) is 5.76 Å². The third-order valence-electron chi connectivity index (χ3n) is 3.86. The largest absolute Gasteiger partial charge is 0.438 e. The van der Waals surface area contributed by atoms with Gasteiger partial charge in [0, 0.05) is 10.6 Å². The molecular formula is C17H12ClNO3. The van der Waals surface area contributed by atoms with Gasteiger partial charge >= 0.3 is 0 Å². The van der Waals surface area contributed by atoms with Gasteiger partial charge in [-0.15, -0.1) is 0 Å². The van der Waals surface area contributed by atoms with Crippen LogP contribution in [-0.4, -0.2) is 15.2 Å². The van der Waals surface area contributed by atoms with Gasteiger partial charge in [-0.25, -0.2) is 4.98 Å². The van der Waals surface area contributed by atoms with Gasteiger partial charge in [-0.1, -0.05) is 35.9 Å². The maximum atomic E-state index is 10.5. The average molecular weight is 314 g/mol. The number of aliphatic hydroxyl groups is 2. The minimum Gasteiger partial charge on any atom is -0.438 e. The van der Waals surface area contributed by atoms with Gasteiger partial charge in [-0.2, -0.15) is 0 Å². The Kier molecular flexibility index (Phi) is 3.04. The lowest BCUT2D eigenvalue weighted by Crippen LogP contribution is -2.16. The summed E-state index contributed by atoms with van der Waals surface area (Å²) in [7, 11) is 0. The highest BCUT2D eigenvalue weighted by molar-refractivity contribution is 6.30. The topological polar surface area (TPSA) is 66.5 Å². The molecule has 2 atom stereocenters. The molecule has 4 rings (SSSR count). The fourth-order valence-electron chi connectivity index (χ4n) is 2.75. The zero-order chi connectivity index (χ0) is 15.3. The van der Waals surface area contributed by atoms with Crippen LogP contribution in [0.2, 0.25) is 5.02 Å². The number of fused-ring (bicyclic) bond motifs is 2. The van der Waals surface area contributed by atoms with Gasteiger partial charge in [-0.3, -0.25) is 0 Å². The summed E-state index contributed by atoms with van der Waals surface area (Å²) in [4.78, 5) is 4.36. The van der Waals surface area contributed by atoms with E-state index in [-0.39, 0.29) is 5.76 Å². The van der Waals surface area contributed by atoms with Crippen LogP contribution in [0.25, 0.3) is 11.5 Å². The minimum absolute atomic E-state index is 0.288. The Bertz CT molecular complexity index is 795. The van der Waals surface area contributed by atoms with Gasteiger partial charge in [-0.05, 0) is 35.4 Å². The smallest absolute Gasteiger partial charge is 0.226 e. The van der Waals surface area contributed by atoms with Gasteiger partial charge < -0.3 is 14.6 Å². The van der Waals surface area contributed by atoms with Crippen LogP contribution in [0.15, 0.2) is 52.9 Å². The molecule has 110 valence electrons. The number of aliphatic hydroxyl groups excluding tert-OH is 2. The molecule has 1 aliphatic rings. The predicted octanol–water partition coefficient (Wildman–Crippen LogP) is 3.47. The highest BCUT2D eigenvalue weighted by Crippen LogP contribution is 2.42. The molecule has 0 fully saturated rings. The normalized spacial score (nSPS) is 19.6. The van der Waals surface area contributed by atoms with Gasteiger partial charge in [0.1, 0.15) is 17.9 Å². The van der Waals surface area contributed by atoms with E-state index in [0.717, 1.165) is 5.56 Å². The number of rotatable bonds is 1. The number of hydrogen-bond donors (Lipinski definition) is 2. The second kappa shape index (κ2) is 4.95. The highest BCUT2D eigenvalue weighted by atomic mass is 35.5. The molecule has 1 aliphatic carbocycles. The highest BCUT2D eigenvalue weighted by Gasteiger charge is 2.35. The monoisotopic (exact) mass is 313 g/mol.